The molecule has 0 bridgehead atoms. The zero-order valence-corrected chi connectivity index (χ0v) is 19.9. The van der Waals surface area contributed by atoms with Crippen molar-refractivity contribution in [3.05, 3.63) is 121 Å². The minimum atomic E-state index is 0.868. The largest absolute Gasteiger partial charge is 0.456 e. The first-order valence-corrected chi connectivity index (χ1v) is 12.4. The number of anilines is 2. The number of hydrogen-bond donors (Lipinski definition) is 1. The minimum absolute atomic E-state index is 0.868. The zero-order chi connectivity index (χ0) is 24.3. The number of hydrogen-bond acceptors (Lipinski definition) is 3. The lowest BCUT2D eigenvalue weighted by molar-refractivity contribution is 0.487. The second-order valence-corrected chi connectivity index (χ2v) is 9.48. The highest BCUT2D eigenvalue weighted by Crippen LogP contribution is 2.47. The number of rotatable bonds is 3. The van der Waals surface area contributed by atoms with E-state index in [9.17, 15) is 0 Å². The third kappa shape index (κ3) is 3.21. The fraction of sp³-hybridized carbons (Fsp3) is 0. The van der Waals surface area contributed by atoms with Gasteiger partial charge in [-0.3, -0.25) is 0 Å². The molecular formula is C34H21NO2. The quantitative estimate of drug-likeness (QED) is 0.276. The monoisotopic (exact) mass is 475 g/mol. The van der Waals surface area contributed by atoms with E-state index in [4.69, 9.17) is 9.15 Å². The lowest BCUT2D eigenvalue weighted by Gasteiger charge is -2.22. The van der Waals surface area contributed by atoms with Gasteiger partial charge in [0.2, 0.25) is 0 Å². The topological polar surface area (TPSA) is 34.4 Å². The standard InChI is InChI=1S/C34H21NO2/c1-2-9-30-26(7-1)27-17-13-23(19-32(27)36-30)21-11-14-24(15-12-21)35-25-16-18-28-29-8-3-5-22-6-4-10-31(34(22)29)37-33(28)20-25/h1-20,35H. The van der Waals surface area contributed by atoms with Crippen LogP contribution in [0, 0.1) is 0 Å². The first kappa shape index (κ1) is 20.2. The van der Waals surface area contributed by atoms with Gasteiger partial charge in [0.1, 0.15) is 22.7 Å². The summed E-state index contributed by atoms with van der Waals surface area (Å²) in [5, 5.41) is 8.20. The summed E-state index contributed by atoms with van der Waals surface area (Å²) in [4.78, 5) is 0. The maximum absolute atomic E-state index is 6.31. The summed E-state index contributed by atoms with van der Waals surface area (Å²) in [6, 6.07) is 42.0. The Morgan fingerprint density at radius 3 is 2.19 bits per heavy atom. The molecule has 1 aliphatic heterocycles. The summed E-state index contributed by atoms with van der Waals surface area (Å²) in [5.41, 5.74) is 8.45. The zero-order valence-electron chi connectivity index (χ0n) is 19.9. The van der Waals surface area contributed by atoms with Crippen molar-refractivity contribution in [2.24, 2.45) is 0 Å². The number of benzene rings is 6. The lowest BCUT2D eigenvalue weighted by atomic mass is 9.94. The van der Waals surface area contributed by atoms with E-state index >= 15 is 0 Å². The first-order valence-electron chi connectivity index (χ1n) is 12.4. The molecule has 3 heteroatoms. The first-order chi connectivity index (χ1) is 18.3. The van der Waals surface area contributed by atoms with Gasteiger partial charge in [-0.05, 0) is 70.6 Å². The van der Waals surface area contributed by atoms with Gasteiger partial charge in [0.25, 0.3) is 0 Å². The fourth-order valence-electron chi connectivity index (χ4n) is 5.46. The highest BCUT2D eigenvalue weighted by Gasteiger charge is 2.20. The van der Waals surface area contributed by atoms with Crippen LogP contribution >= 0.6 is 0 Å². The van der Waals surface area contributed by atoms with Crippen LogP contribution in [-0.4, -0.2) is 0 Å². The number of ether oxygens (including phenoxy) is 1. The van der Waals surface area contributed by atoms with Crippen molar-refractivity contribution in [1.29, 1.82) is 0 Å². The molecule has 0 saturated heterocycles. The molecule has 1 aliphatic rings. The van der Waals surface area contributed by atoms with E-state index in [1.54, 1.807) is 0 Å². The van der Waals surface area contributed by atoms with Crippen LogP contribution in [0.25, 0.3) is 55.0 Å². The second kappa shape index (κ2) is 7.74. The average Bonchev–Trinajstić information content (AvgIpc) is 3.32. The highest BCUT2D eigenvalue weighted by atomic mass is 16.5. The van der Waals surface area contributed by atoms with Crippen LogP contribution in [0.5, 0.6) is 11.5 Å². The van der Waals surface area contributed by atoms with Gasteiger partial charge in [-0.2, -0.15) is 0 Å². The van der Waals surface area contributed by atoms with Crippen LogP contribution < -0.4 is 10.1 Å². The molecular weight excluding hydrogens is 454 g/mol. The van der Waals surface area contributed by atoms with Crippen LogP contribution in [0.15, 0.2) is 126 Å². The van der Waals surface area contributed by atoms with Gasteiger partial charge >= 0.3 is 0 Å². The van der Waals surface area contributed by atoms with E-state index in [0.717, 1.165) is 61.5 Å². The van der Waals surface area contributed by atoms with Crippen molar-refractivity contribution in [1.82, 2.24) is 0 Å². The number of para-hydroxylation sites is 1. The summed E-state index contributed by atoms with van der Waals surface area (Å²) < 4.78 is 12.4. The van der Waals surface area contributed by atoms with Crippen molar-refractivity contribution in [2.45, 2.75) is 0 Å². The van der Waals surface area contributed by atoms with Gasteiger partial charge in [-0.1, -0.05) is 66.7 Å². The normalized spacial score (nSPS) is 12.0. The molecule has 2 heterocycles. The number of nitrogens with one attached hydrogen (secondary N) is 1. The van der Waals surface area contributed by atoms with Crippen molar-refractivity contribution in [3.8, 4) is 33.8 Å². The molecule has 0 fully saturated rings. The van der Waals surface area contributed by atoms with Crippen molar-refractivity contribution >= 4 is 44.1 Å². The molecule has 0 saturated carbocycles. The Hall–Kier alpha value is -5.02. The molecule has 0 aliphatic carbocycles. The van der Waals surface area contributed by atoms with Crippen LogP contribution in [-0.2, 0) is 0 Å². The third-order valence-electron chi connectivity index (χ3n) is 7.24. The summed E-state index contributed by atoms with van der Waals surface area (Å²) in [5.74, 6) is 1.77. The van der Waals surface area contributed by atoms with Crippen molar-refractivity contribution < 1.29 is 9.15 Å². The molecule has 174 valence electrons. The molecule has 37 heavy (non-hydrogen) atoms. The second-order valence-electron chi connectivity index (χ2n) is 9.48. The van der Waals surface area contributed by atoms with E-state index < -0.39 is 0 Å². The summed E-state index contributed by atoms with van der Waals surface area (Å²) >= 11 is 0. The fourth-order valence-corrected chi connectivity index (χ4v) is 5.46. The predicted molar refractivity (Wildman–Crippen MR) is 152 cm³/mol. The SMILES string of the molecule is c1cc2c3c(cccc3c1)-c1ccc(Nc3ccc(-c4ccc5c(c4)oc4ccccc45)cc3)cc1O2. The number of fused-ring (bicyclic) bond motifs is 5. The Bertz CT molecular complexity index is 1980. The Morgan fingerprint density at radius 1 is 0.486 bits per heavy atom. The van der Waals surface area contributed by atoms with E-state index in [-0.39, 0.29) is 0 Å². The summed E-state index contributed by atoms with van der Waals surface area (Å²) in [6.07, 6.45) is 0. The molecule has 0 unspecified atom stereocenters. The highest BCUT2D eigenvalue weighted by molar-refractivity contribution is 6.06. The molecule has 1 aromatic heterocycles. The van der Waals surface area contributed by atoms with Gasteiger partial charge in [-0.15, -0.1) is 0 Å². The third-order valence-corrected chi connectivity index (χ3v) is 7.24. The van der Waals surface area contributed by atoms with Gasteiger partial charge in [0, 0.05) is 39.2 Å². The smallest absolute Gasteiger partial charge is 0.137 e. The molecule has 0 amide bonds. The Balaban J connectivity index is 1.09. The predicted octanol–water partition coefficient (Wildman–Crippen LogP) is 9.92. The van der Waals surface area contributed by atoms with Gasteiger partial charge < -0.3 is 14.5 Å². The minimum Gasteiger partial charge on any atom is -0.456 e. The van der Waals surface area contributed by atoms with E-state index in [0.29, 0.717) is 0 Å². The molecule has 0 spiro atoms. The van der Waals surface area contributed by atoms with E-state index in [2.05, 4.69) is 96.3 Å². The Labute approximate surface area is 213 Å². The molecule has 0 radical (unpaired) electrons. The van der Waals surface area contributed by atoms with Gasteiger partial charge in [0.15, 0.2) is 0 Å². The van der Waals surface area contributed by atoms with Crippen LogP contribution in [0.3, 0.4) is 0 Å². The van der Waals surface area contributed by atoms with Crippen LogP contribution in [0.2, 0.25) is 0 Å². The molecule has 6 aromatic carbocycles. The van der Waals surface area contributed by atoms with Crippen molar-refractivity contribution in [2.75, 3.05) is 5.32 Å². The maximum atomic E-state index is 6.31. The average molecular weight is 476 g/mol. The van der Waals surface area contributed by atoms with Crippen LogP contribution in [0.1, 0.15) is 0 Å². The van der Waals surface area contributed by atoms with Crippen LogP contribution in [0.4, 0.5) is 11.4 Å². The molecule has 7 aromatic rings. The van der Waals surface area contributed by atoms with Crippen molar-refractivity contribution in [3.63, 3.8) is 0 Å². The summed E-state index contributed by atoms with van der Waals surface area (Å²) in [6.45, 7) is 0. The molecule has 0 atom stereocenters. The Morgan fingerprint density at radius 2 is 1.27 bits per heavy atom. The summed E-state index contributed by atoms with van der Waals surface area (Å²) in [7, 11) is 0. The lowest BCUT2D eigenvalue weighted by Crippen LogP contribution is -1.98. The van der Waals surface area contributed by atoms with E-state index in [1.807, 2.05) is 30.3 Å². The van der Waals surface area contributed by atoms with E-state index in [1.165, 1.54) is 16.3 Å². The Kier molecular flexibility index (Phi) is 4.23. The molecule has 1 N–H and O–H groups in total. The van der Waals surface area contributed by atoms with Gasteiger partial charge in [-0.25, -0.2) is 0 Å². The van der Waals surface area contributed by atoms with Gasteiger partial charge in [0.05, 0.1) is 0 Å². The molecule has 8 rings (SSSR count). The molecule has 3 nitrogen and oxygen atoms in total. The number of furan rings is 1. The maximum Gasteiger partial charge on any atom is 0.137 e.